The molecule has 0 bridgehead atoms. The first-order chi connectivity index (χ1) is 12.6. The molecule has 0 spiro atoms. The van der Waals surface area contributed by atoms with Crippen LogP contribution in [0.2, 0.25) is 0 Å². The van der Waals surface area contributed by atoms with E-state index >= 15 is 0 Å². The van der Waals surface area contributed by atoms with E-state index in [9.17, 15) is 22.8 Å². The quantitative estimate of drug-likeness (QED) is 0.738. The van der Waals surface area contributed by atoms with Crippen LogP contribution in [0.5, 0.6) is 0 Å². The molecule has 1 aromatic heterocycles. The van der Waals surface area contributed by atoms with Crippen molar-refractivity contribution in [3.05, 3.63) is 40.4 Å². The van der Waals surface area contributed by atoms with Crippen molar-refractivity contribution in [1.82, 2.24) is 10.3 Å². The predicted octanol–water partition coefficient (Wildman–Crippen LogP) is 4.21. The summed E-state index contributed by atoms with van der Waals surface area (Å²) in [6.45, 7) is 4.94. The van der Waals surface area contributed by atoms with E-state index in [1.807, 2.05) is 13.8 Å². The number of hydrogen-bond acceptors (Lipinski definition) is 5. The summed E-state index contributed by atoms with van der Waals surface area (Å²) in [6, 6.07) is 4.51. The highest BCUT2D eigenvalue weighted by atomic mass is 32.1. The molecule has 0 aliphatic heterocycles. The highest BCUT2D eigenvalue weighted by Crippen LogP contribution is 2.33. The van der Waals surface area contributed by atoms with Gasteiger partial charge in [-0.1, -0.05) is 19.1 Å². The fourth-order valence-corrected chi connectivity index (χ4v) is 3.09. The van der Waals surface area contributed by atoms with Crippen molar-refractivity contribution in [2.45, 2.75) is 39.4 Å². The summed E-state index contributed by atoms with van der Waals surface area (Å²) in [7, 11) is 0. The van der Waals surface area contributed by atoms with Gasteiger partial charge >= 0.3 is 12.1 Å². The second-order valence-corrected chi connectivity index (χ2v) is 6.96. The molecular weight excluding hydrogens is 381 g/mol. The topological polar surface area (TPSA) is 68.3 Å². The number of benzene rings is 1. The van der Waals surface area contributed by atoms with Crippen molar-refractivity contribution < 1.29 is 27.5 Å². The van der Waals surface area contributed by atoms with Crippen LogP contribution >= 0.6 is 11.3 Å². The molecule has 146 valence electrons. The summed E-state index contributed by atoms with van der Waals surface area (Å²) < 4.78 is 42.9. The first-order valence-corrected chi connectivity index (χ1v) is 9.05. The fraction of sp³-hybridized carbons (Fsp3) is 0.389. The molecule has 1 heterocycles. The number of esters is 1. The third kappa shape index (κ3) is 5.53. The van der Waals surface area contributed by atoms with Crippen molar-refractivity contribution in [1.29, 1.82) is 0 Å². The molecule has 9 heteroatoms. The zero-order valence-electron chi connectivity index (χ0n) is 15.0. The molecule has 1 N–H and O–H groups in total. The Kier molecular flexibility index (Phi) is 6.59. The molecule has 1 amide bonds. The first-order valence-electron chi connectivity index (χ1n) is 8.23. The molecule has 2 aromatic rings. The van der Waals surface area contributed by atoms with E-state index in [0.717, 1.165) is 29.9 Å². The summed E-state index contributed by atoms with van der Waals surface area (Å²) >= 11 is 1.01. The number of amides is 1. The van der Waals surface area contributed by atoms with E-state index in [-0.39, 0.29) is 10.9 Å². The van der Waals surface area contributed by atoms with Gasteiger partial charge in [-0.25, -0.2) is 9.78 Å². The Morgan fingerprint density at radius 2 is 1.89 bits per heavy atom. The molecule has 0 radical (unpaired) electrons. The Balaban J connectivity index is 2.07. The highest BCUT2D eigenvalue weighted by Gasteiger charge is 2.30. The van der Waals surface area contributed by atoms with Gasteiger partial charge in [0.05, 0.1) is 11.3 Å². The normalized spacial score (nSPS) is 12.5. The summed E-state index contributed by atoms with van der Waals surface area (Å²) in [5.74, 6) is -1.09. The van der Waals surface area contributed by atoms with Gasteiger partial charge in [-0.15, -0.1) is 11.3 Å². The molecule has 0 fully saturated rings. The summed E-state index contributed by atoms with van der Waals surface area (Å²) in [4.78, 5) is 28.3. The van der Waals surface area contributed by atoms with Gasteiger partial charge in [0.1, 0.15) is 9.88 Å². The lowest BCUT2D eigenvalue weighted by Gasteiger charge is -2.11. The van der Waals surface area contributed by atoms with Crippen LogP contribution < -0.4 is 5.32 Å². The minimum absolute atomic E-state index is 0.0207. The van der Waals surface area contributed by atoms with Crippen molar-refractivity contribution >= 4 is 23.2 Å². The zero-order valence-corrected chi connectivity index (χ0v) is 15.8. The standard InChI is InChI=1S/C18H19F3N2O3S/c1-4-10(2)22-14(24)9-26-17(25)15-11(3)23-16(27-15)12-5-7-13(8-6-12)18(19,20)21/h5-8,10H,4,9H2,1-3H3,(H,22,24). The number of nitrogens with one attached hydrogen (secondary N) is 1. The number of aryl methyl sites for hydroxylation is 1. The van der Waals surface area contributed by atoms with Gasteiger partial charge in [0.2, 0.25) is 0 Å². The number of ether oxygens (including phenoxy) is 1. The third-order valence-electron chi connectivity index (χ3n) is 3.80. The van der Waals surface area contributed by atoms with E-state index in [0.29, 0.717) is 16.3 Å². The smallest absolute Gasteiger partial charge is 0.416 e. The van der Waals surface area contributed by atoms with Crippen LogP contribution in [0.25, 0.3) is 10.6 Å². The molecule has 27 heavy (non-hydrogen) atoms. The number of thiazole rings is 1. The molecule has 0 saturated heterocycles. The van der Waals surface area contributed by atoms with Crippen LogP contribution in [-0.4, -0.2) is 29.5 Å². The second-order valence-electron chi connectivity index (χ2n) is 5.96. The lowest BCUT2D eigenvalue weighted by molar-refractivity contribution is -0.137. The van der Waals surface area contributed by atoms with Crippen LogP contribution in [0.1, 0.15) is 41.2 Å². The molecule has 0 aliphatic rings. The number of hydrogen-bond donors (Lipinski definition) is 1. The number of carbonyl (C=O) groups is 2. The largest absolute Gasteiger partial charge is 0.451 e. The maximum atomic E-state index is 12.6. The molecule has 1 unspecified atom stereocenters. The summed E-state index contributed by atoms with van der Waals surface area (Å²) in [6.07, 6.45) is -3.66. The maximum Gasteiger partial charge on any atom is 0.416 e. The molecular formula is C18H19F3N2O3S. The van der Waals surface area contributed by atoms with Crippen molar-refractivity contribution in [2.24, 2.45) is 0 Å². The number of nitrogens with zero attached hydrogens (tertiary/aromatic N) is 1. The van der Waals surface area contributed by atoms with Crippen LogP contribution in [0.3, 0.4) is 0 Å². The minimum Gasteiger partial charge on any atom is -0.451 e. The predicted molar refractivity (Wildman–Crippen MR) is 95.5 cm³/mol. The SMILES string of the molecule is CCC(C)NC(=O)COC(=O)c1sc(-c2ccc(C(F)(F)F)cc2)nc1C. The molecule has 1 aromatic carbocycles. The van der Waals surface area contributed by atoms with Crippen molar-refractivity contribution in [3.63, 3.8) is 0 Å². The van der Waals surface area contributed by atoms with Crippen LogP contribution in [0.15, 0.2) is 24.3 Å². The number of aromatic nitrogens is 1. The Morgan fingerprint density at radius 1 is 1.26 bits per heavy atom. The van der Waals surface area contributed by atoms with Gasteiger partial charge < -0.3 is 10.1 Å². The van der Waals surface area contributed by atoms with E-state index in [1.165, 1.54) is 12.1 Å². The van der Waals surface area contributed by atoms with E-state index < -0.39 is 30.2 Å². The molecule has 0 saturated carbocycles. The van der Waals surface area contributed by atoms with E-state index in [4.69, 9.17) is 4.74 Å². The van der Waals surface area contributed by atoms with Crippen molar-refractivity contribution in [3.8, 4) is 10.6 Å². The van der Waals surface area contributed by atoms with Crippen molar-refractivity contribution in [2.75, 3.05) is 6.61 Å². The second kappa shape index (κ2) is 8.51. The summed E-state index contributed by atoms with van der Waals surface area (Å²) in [5.41, 5.74) is 0.0957. The molecule has 0 aliphatic carbocycles. The molecule has 2 rings (SSSR count). The minimum atomic E-state index is -4.41. The van der Waals surface area contributed by atoms with Gasteiger partial charge in [0.15, 0.2) is 6.61 Å². The Morgan fingerprint density at radius 3 is 2.44 bits per heavy atom. The number of alkyl halides is 3. The van der Waals surface area contributed by atoms with E-state index in [2.05, 4.69) is 10.3 Å². The van der Waals surface area contributed by atoms with Gasteiger partial charge in [-0.2, -0.15) is 13.2 Å². The van der Waals surface area contributed by atoms with Gasteiger partial charge in [-0.05, 0) is 32.4 Å². The molecule has 1 atom stereocenters. The maximum absolute atomic E-state index is 12.6. The van der Waals surface area contributed by atoms with Gasteiger partial charge in [-0.3, -0.25) is 4.79 Å². The third-order valence-corrected chi connectivity index (χ3v) is 4.98. The monoisotopic (exact) mass is 400 g/mol. The highest BCUT2D eigenvalue weighted by molar-refractivity contribution is 7.17. The molecule has 5 nitrogen and oxygen atoms in total. The number of halogens is 3. The van der Waals surface area contributed by atoms with Crippen LogP contribution in [-0.2, 0) is 15.7 Å². The first kappa shape index (κ1) is 20.9. The van der Waals surface area contributed by atoms with E-state index in [1.54, 1.807) is 6.92 Å². The van der Waals surface area contributed by atoms with Gasteiger partial charge in [0, 0.05) is 11.6 Å². The summed E-state index contributed by atoms with van der Waals surface area (Å²) in [5, 5.41) is 3.08. The zero-order chi connectivity index (χ0) is 20.2. The average molecular weight is 400 g/mol. The number of rotatable bonds is 6. The Bertz CT molecular complexity index is 816. The Labute approximate surface area is 158 Å². The average Bonchev–Trinajstić information content (AvgIpc) is 3.00. The van der Waals surface area contributed by atoms with Crippen LogP contribution in [0.4, 0.5) is 13.2 Å². The Hall–Kier alpha value is -2.42. The number of carbonyl (C=O) groups excluding carboxylic acids is 2. The fourth-order valence-electron chi connectivity index (χ4n) is 2.13. The lowest BCUT2D eigenvalue weighted by Crippen LogP contribution is -2.35. The van der Waals surface area contributed by atoms with Crippen LogP contribution in [0, 0.1) is 6.92 Å². The lowest BCUT2D eigenvalue weighted by atomic mass is 10.1. The van der Waals surface area contributed by atoms with Gasteiger partial charge in [0.25, 0.3) is 5.91 Å².